The molecule has 0 unspecified atom stereocenters. The number of aromatic nitrogens is 4. The number of benzene rings is 1. The largest absolute Gasteiger partial charge is 0.435 e. The Hall–Kier alpha value is -3.53. The van der Waals surface area contributed by atoms with Gasteiger partial charge in [0, 0.05) is 35.1 Å². The van der Waals surface area contributed by atoms with E-state index in [2.05, 4.69) is 20.4 Å². The van der Waals surface area contributed by atoms with Gasteiger partial charge in [-0.15, -0.1) is 11.3 Å². The number of carbonyl (C=O) groups is 1. The fourth-order valence-corrected chi connectivity index (χ4v) is 3.43. The van der Waals surface area contributed by atoms with Gasteiger partial charge in [0.1, 0.15) is 5.01 Å². The lowest BCUT2D eigenvalue weighted by atomic mass is 10.2. The van der Waals surface area contributed by atoms with Gasteiger partial charge in [-0.3, -0.25) is 9.78 Å². The molecule has 3 heterocycles. The maximum Gasteiger partial charge on any atom is 0.435 e. The van der Waals surface area contributed by atoms with Crippen molar-refractivity contribution in [3.05, 3.63) is 82.7 Å². The SMILES string of the molecule is O=C(NCc1nc(-c2ccncc2)cs1)c1ccc(-n2ccc(C(F)(F)F)n2)cc1. The Morgan fingerprint density at radius 2 is 1.80 bits per heavy atom. The summed E-state index contributed by atoms with van der Waals surface area (Å²) in [4.78, 5) is 20.8. The summed E-state index contributed by atoms with van der Waals surface area (Å²) in [6.45, 7) is 0.268. The minimum absolute atomic E-state index is 0.268. The zero-order valence-electron chi connectivity index (χ0n) is 15.3. The smallest absolute Gasteiger partial charge is 0.346 e. The number of hydrogen-bond donors (Lipinski definition) is 1. The monoisotopic (exact) mass is 429 g/mol. The third kappa shape index (κ3) is 4.38. The van der Waals surface area contributed by atoms with E-state index in [1.165, 1.54) is 41.8 Å². The van der Waals surface area contributed by atoms with Gasteiger partial charge in [-0.25, -0.2) is 9.67 Å². The fourth-order valence-electron chi connectivity index (χ4n) is 2.69. The number of alkyl halides is 3. The molecule has 4 aromatic rings. The van der Waals surface area contributed by atoms with Gasteiger partial charge >= 0.3 is 6.18 Å². The van der Waals surface area contributed by atoms with Crippen molar-refractivity contribution in [1.29, 1.82) is 0 Å². The van der Waals surface area contributed by atoms with Crippen LogP contribution in [0.5, 0.6) is 0 Å². The third-order valence-corrected chi connectivity index (χ3v) is 5.05. The molecule has 1 amide bonds. The summed E-state index contributed by atoms with van der Waals surface area (Å²) >= 11 is 1.44. The molecule has 152 valence electrons. The lowest BCUT2D eigenvalue weighted by molar-refractivity contribution is -0.141. The van der Waals surface area contributed by atoms with E-state index in [9.17, 15) is 18.0 Å². The number of pyridine rings is 1. The molecule has 6 nitrogen and oxygen atoms in total. The van der Waals surface area contributed by atoms with Crippen LogP contribution in [0.4, 0.5) is 13.2 Å². The van der Waals surface area contributed by atoms with E-state index in [4.69, 9.17) is 0 Å². The highest BCUT2D eigenvalue weighted by atomic mass is 32.1. The van der Waals surface area contributed by atoms with Crippen molar-refractivity contribution in [3.8, 4) is 16.9 Å². The van der Waals surface area contributed by atoms with Gasteiger partial charge in [-0.1, -0.05) is 0 Å². The molecule has 0 aliphatic heterocycles. The molecule has 0 atom stereocenters. The molecular weight excluding hydrogens is 415 g/mol. The molecule has 0 saturated carbocycles. The number of rotatable bonds is 5. The molecule has 3 aromatic heterocycles. The summed E-state index contributed by atoms with van der Waals surface area (Å²) in [6.07, 6.45) is 0.0961. The van der Waals surface area contributed by atoms with Crippen LogP contribution >= 0.6 is 11.3 Å². The average Bonchev–Trinajstić information content (AvgIpc) is 3.43. The summed E-state index contributed by atoms with van der Waals surface area (Å²) in [5, 5.41) is 8.96. The van der Waals surface area contributed by atoms with Gasteiger partial charge in [-0.05, 0) is 42.5 Å². The summed E-state index contributed by atoms with van der Waals surface area (Å²) < 4.78 is 39.1. The number of thiazole rings is 1. The predicted octanol–water partition coefficient (Wildman–Crippen LogP) is 4.34. The van der Waals surface area contributed by atoms with E-state index in [0.29, 0.717) is 11.3 Å². The Balaban J connectivity index is 1.39. The van der Waals surface area contributed by atoms with Gasteiger partial charge in [0.2, 0.25) is 0 Å². The highest BCUT2D eigenvalue weighted by Gasteiger charge is 2.33. The molecule has 0 fully saturated rings. The highest BCUT2D eigenvalue weighted by molar-refractivity contribution is 7.09. The van der Waals surface area contributed by atoms with Gasteiger partial charge < -0.3 is 5.32 Å². The van der Waals surface area contributed by atoms with Gasteiger partial charge in [0.05, 0.1) is 17.9 Å². The molecule has 4 rings (SSSR count). The van der Waals surface area contributed by atoms with Gasteiger partial charge in [-0.2, -0.15) is 18.3 Å². The zero-order valence-corrected chi connectivity index (χ0v) is 16.1. The molecule has 1 aromatic carbocycles. The molecule has 10 heteroatoms. The first-order valence-corrected chi connectivity index (χ1v) is 9.64. The van der Waals surface area contributed by atoms with Crippen molar-refractivity contribution in [2.45, 2.75) is 12.7 Å². The van der Waals surface area contributed by atoms with E-state index in [1.807, 2.05) is 17.5 Å². The van der Waals surface area contributed by atoms with Crippen LogP contribution in [0.15, 0.2) is 66.4 Å². The van der Waals surface area contributed by atoms with Crippen molar-refractivity contribution < 1.29 is 18.0 Å². The molecule has 0 spiro atoms. The minimum atomic E-state index is -4.50. The summed E-state index contributed by atoms with van der Waals surface area (Å²) in [7, 11) is 0. The van der Waals surface area contributed by atoms with Gasteiger partial charge in [0.15, 0.2) is 5.69 Å². The molecule has 0 aliphatic carbocycles. The Kier molecular flexibility index (Phi) is 5.32. The Bertz CT molecular complexity index is 1150. The van der Waals surface area contributed by atoms with E-state index >= 15 is 0 Å². The van der Waals surface area contributed by atoms with E-state index in [-0.39, 0.29) is 12.5 Å². The van der Waals surface area contributed by atoms with Crippen LogP contribution in [-0.4, -0.2) is 25.7 Å². The van der Waals surface area contributed by atoms with Crippen LogP contribution < -0.4 is 5.32 Å². The molecular formula is C20H14F3N5OS. The quantitative estimate of drug-likeness (QED) is 0.512. The maximum atomic E-state index is 12.7. The fraction of sp³-hybridized carbons (Fsp3) is 0.100. The standard InChI is InChI=1S/C20H14F3N5OS/c21-20(22,23)17-7-10-28(27-17)15-3-1-14(2-4-15)19(29)25-11-18-26-16(12-30-18)13-5-8-24-9-6-13/h1-10,12H,11H2,(H,25,29). The first-order chi connectivity index (χ1) is 14.4. The van der Waals surface area contributed by atoms with Crippen LogP contribution in [-0.2, 0) is 12.7 Å². The van der Waals surface area contributed by atoms with Crippen molar-refractivity contribution in [1.82, 2.24) is 25.1 Å². The second kappa shape index (κ2) is 8.07. The van der Waals surface area contributed by atoms with E-state index < -0.39 is 11.9 Å². The third-order valence-electron chi connectivity index (χ3n) is 4.20. The predicted molar refractivity (Wildman–Crippen MR) is 105 cm³/mol. The van der Waals surface area contributed by atoms with Crippen LogP contribution in [0, 0.1) is 0 Å². The Labute approximate surface area is 173 Å². The Morgan fingerprint density at radius 1 is 1.07 bits per heavy atom. The summed E-state index contributed by atoms with van der Waals surface area (Å²) in [6, 6.07) is 10.7. The first-order valence-electron chi connectivity index (χ1n) is 8.76. The molecule has 30 heavy (non-hydrogen) atoms. The number of amides is 1. The number of halogens is 3. The number of nitrogens with zero attached hydrogens (tertiary/aromatic N) is 4. The number of nitrogens with one attached hydrogen (secondary N) is 1. The topological polar surface area (TPSA) is 72.7 Å². The van der Waals surface area contributed by atoms with Crippen LogP contribution in [0.25, 0.3) is 16.9 Å². The van der Waals surface area contributed by atoms with Crippen molar-refractivity contribution in [2.75, 3.05) is 0 Å². The lowest BCUT2D eigenvalue weighted by Gasteiger charge is -2.06. The normalized spacial score (nSPS) is 11.4. The van der Waals surface area contributed by atoms with E-state index in [0.717, 1.165) is 27.0 Å². The average molecular weight is 429 g/mol. The number of hydrogen-bond acceptors (Lipinski definition) is 5. The number of carbonyl (C=O) groups excluding carboxylic acids is 1. The second-order valence-corrected chi connectivity index (χ2v) is 7.18. The van der Waals surface area contributed by atoms with Crippen LogP contribution in [0.3, 0.4) is 0 Å². The zero-order chi connectivity index (χ0) is 21.1. The highest BCUT2D eigenvalue weighted by Crippen LogP contribution is 2.28. The van der Waals surface area contributed by atoms with Crippen LogP contribution in [0.2, 0.25) is 0 Å². The van der Waals surface area contributed by atoms with Crippen LogP contribution in [0.1, 0.15) is 21.1 Å². The summed E-state index contributed by atoms with van der Waals surface area (Å²) in [5.74, 6) is -0.307. The molecule has 0 aliphatic rings. The van der Waals surface area contributed by atoms with E-state index in [1.54, 1.807) is 12.4 Å². The molecule has 0 radical (unpaired) electrons. The molecule has 0 bridgehead atoms. The van der Waals surface area contributed by atoms with Gasteiger partial charge in [0.25, 0.3) is 5.91 Å². The lowest BCUT2D eigenvalue weighted by Crippen LogP contribution is -2.22. The summed E-state index contributed by atoms with van der Waals surface area (Å²) in [5.41, 5.74) is 1.59. The molecule has 1 N–H and O–H groups in total. The maximum absolute atomic E-state index is 12.7. The van der Waals surface area contributed by atoms with Crippen molar-refractivity contribution in [2.24, 2.45) is 0 Å². The minimum Gasteiger partial charge on any atom is -0.346 e. The van der Waals surface area contributed by atoms with Crippen molar-refractivity contribution >= 4 is 17.2 Å². The molecule has 0 saturated heterocycles. The first kappa shape index (κ1) is 19.8. The second-order valence-electron chi connectivity index (χ2n) is 6.24. The van der Waals surface area contributed by atoms with Crippen molar-refractivity contribution in [3.63, 3.8) is 0 Å². The Morgan fingerprint density at radius 3 is 2.47 bits per heavy atom.